The number of fused-ring (bicyclic) bond motifs is 4. The molecule has 0 saturated carbocycles. The number of hydrogen-bond acceptors (Lipinski definition) is 6. The average molecular weight is 350 g/mol. The molecular weight excluding hydrogens is 336 g/mol. The fraction of sp³-hybridized carbons (Fsp3) is 0.200. The molecule has 0 aromatic heterocycles. The smallest absolute Gasteiger partial charge is 0.196 e. The average Bonchev–Trinajstić information content (AvgIpc) is 2.94. The molecule has 0 radical (unpaired) electrons. The first-order valence-electron chi connectivity index (χ1n) is 8.28. The fourth-order valence-corrected chi connectivity index (χ4v) is 4.59. The van der Waals surface area contributed by atoms with Gasteiger partial charge in [0.1, 0.15) is 17.6 Å². The molecule has 130 valence electrons. The molecule has 3 atom stereocenters. The summed E-state index contributed by atoms with van der Waals surface area (Å²) in [7, 11) is 0. The van der Waals surface area contributed by atoms with Crippen molar-refractivity contribution in [1.29, 1.82) is 0 Å². The molecule has 0 heterocycles. The quantitative estimate of drug-likeness (QED) is 0.574. The summed E-state index contributed by atoms with van der Waals surface area (Å²) < 4.78 is 0. The third-order valence-electron chi connectivity index (χ3n) is 5.58. The van der Waals surface area contributed by atoms with E-state index in [0.717, 1.165) is 0 Å². The highest BCUT2D eigenvalue weighted by Gasteiger charge is 2.50. The first-order chi connectivity index (χ1) is 12.4. The molecule has 0 spiro atoms. The van der Waals surface area contributed by atoms with Gasteiger partial charge in [0.25, 0.3) is 0 Å². The highest BCUT2D eigenvalue weighted by molar-refractivity contribution is 6.20. The van der Waals surface area contributed by atoms with Crippen molar-refractivity contribution in [3.05, 3.63) is 58.1 Å². The summed E-state index contributed by atoms with van der Waals surface area (Å²) in [5.41, 5.74) is 2.48. The number of aromatic hydroxyl groups is 2. The van der Waals surface area contributed by atoms with Crippen LogP contribution in [0.4, 0.5) is 0 Å². The zero-order valence-corrected chi connectivity index (χ0v) is 13.4. The lowest BCUT2D eigenvalue weighted by molar-refractivity contribution is 0.0713. The third-order valence-corrected chi connectivity index (χ3v) is 5.58. The van der Waals surface area contributed by atoms with Gasteiger partial charge in [-0.15, -0.1) is 0 Å². The van der Waals surface area contributed by atoms with Crippen LogP contribution in [0.2, 0.25) is 0 Å². The molecule has 0 fully saturated rings. The van der Waals surface area contributed by atoms with Crippen molar-refractivity contribution in [1.82, 2.24) is 0 Å². The van der Waals surface area contributed by atoms with Crippen molar-refractivity contribution in [2.24, 2.45) is 0 Å². The molecule has 0 bridgehead atoms. The Labute approximate surface area is 147 Å². The SMILES string of the molecule is O=C1CC(O)C2=C3c4cccc(O)c4C(=O)C(O)C3c3ccc(O)c1c32. The Hall–Kier alpha value is -2.96. The number of phenols is 2. The molecule has 0 amide bonds. The number of benzene rings is 2. The van der Waals surface area contributed by atoms with Crippen LogP contribution in [0.3, 0.4) is 0 Å². The van der Waals surface area contributed by atoms with Crippen LogP contribution in [0.5, 0.6) is 11.5 Å². The molecule has 26 heavy (non-hydrogen) atoms. The molecule has 5 rings (SSSR count). The second-order valence-electron chi connectivity index (χ2n) is 6.88. The lowest BCUT2D eigenvalue weighted by Crippen LogP contribution is -2.33. The Bertz CT molecular complexity index is 1060. The van der Waals surface area contributed by atoms with Gasteiger partial charge >= 0.3 is 0 Å². The van der Waals surface area contributed by atoms with Gasteiger partial charge in [-0.1, -0.05) is 18.2 Å². The molecule has 6 nitrogen and oxygen atoms in total. The van der Waals surface area contributed by atoms with E-state index in [1.165, 1.54) is 12.1 Å². The Morgan fingerprint density at radius 3 is 2.35 bits per heavy atom. The van der Waals surface area contributed by atoms with Crippen LogP contribution in [0.15, 0.2) is 30.3 Å². The summed E-state index contributed by atoms with van der Waals surface area (Å²) in [6.07, 6.45) is -2.74. The van der Waals surface area contributed by atoms with Crippen LogP contribution in [-0.2, 0) is 0 Å². The van der Waals surface area contributed by atoms with Crippen LogP contribution < -0.4 is 0 Å². The molecule has 3 aliphatic rings. The lowest BCUT2D eigenvalue weighted by atomic mass is 9.75. The molecule has 4 N–H and O–H groups in total. The first kappa shape index (κ1) is 15.3. The second-order valence-corrected chi connectivity index (χ2v) is 6.88. The standard InChI is InChI=1S/C20H14O6/c21-9-3-1-2-7-13(9)19(25)20(26)16-8-4-5-10(22)17-11(23)6-12(24)18(14(7)16)15(8)17/h1-5,12,16,20-22,24,26H,6H2. The Morgan fingerprint density at radius 2 is 1.58 bits per heavy atom. The van der Waals surface area contributed by atoms with E-state index in [2.05, 4.69) is 0 Å². The number of carbonyl (C=O) groups is 2. The zero-order chi connectivity index (χ0) is 18.3. The van der Waals surface area contributed by atoms with Crippen molar-refractivity contribution >= 4 is 22.7 Å². The molecular formula is C20H14O6. The normalized spacial score (nSPS) is 25.8. The van der Waals surface area contributed by atoms with Crippen molar-refractivity contribution in [2.45, 2.75) is 24.5 Å². The summed E-state index contributed by atoms with van der Waals surface area (Å²) in [5, 5.41) is 41.6. The van der Waals surface area contributed by atoms with Crippen molar-refractivity contribution in [3.63, 3.8) is 0 Å². The van der Waals surface area contributed by atoms with Crippen LogP contribution in [0.25, 0.3) is 11.1 Å². The molecule has 2 aromatic carbocycles. The van der Waals surface area contributed by atoms with Crippen molar-refractivity contribution in [2.75, 3.05) is 0 Å². The number of aliphatic hydroxyl groups excluding tert-OH is 2. The fourth-order valence-electron chi connectivity index (χ4n) is 4.59. The third kappa shape index (κ3) is 1.63. The van der Waals surface area contributed by atoms with E-state index in [0.29, 0.717) is 27.8 Å². The van der Waals surface area contributed by atoms with E-state index in [1.807, 2.05) is 0 Å². The van der Waals surface area contributed by atoms with Crippen LogP contribution in [0, 0.1) is 0 Å². The molecule has 6 heteroatoms. The Balaban J connectivity index is 1.95. The predicted octanol–water partition coefficient (Wildman–Crippen LogP) is 1.61. The van der Waals surface area contributed by atoms with E-state index < -0.39 is 23.9 Å². The van der Waals surface area contributed by atoms with Gasteiger partial charge in [0.05, 0.1) is 17.2 Å². The number of phenolic OH excluding ortho intramolecular Hbond substituents is 2. The van der Waals surface area contributed by atoms with E-state index in [9.17, 15) is 30.0 Å². The minimum absolute atomic E-state index is 0.0152. The summed E-state index contributed by atoms with van der Waals surface area (Å²) in [4.78, 5) is 25.1. The maximum atomic E-state index is 12.7. The van der Waals surface area contributed by atoms with Gasteiger partial charge in [-0.2, -0.15) is 0 Å². The number of aliphatic hydroxyl groups is 2. The van der Waals surface area contributed by atoms with E-state index >= 15 is 0 Å². The summed E-state index contributed by atoms with van der Waals surface area (Å²) >= 11 is 0. The topological polar surface area (TPSA) is 115 Å². The summed E-state index contributed by atoms with van der Waals surface area (Å²) in [6, 6.07) is 7.56. The number of rotatable bonds is 0. The predicted molar refractivity (Wildman–Crippen MR) is 91.1 cm³/mol. The second kappa shape index (κ2) is 4.81. The summed E-state index contributed by atoms with van der Waals surface area (Å²) in [6.45, 7) is 0. The first-order valence-corrected chi connectivity index (χ1v) is 8.28. The largest absolute Gasteiger partial charge is 0.507 e. The number of Topliss-reactive ketones (excluding diaryl/α,β-unsaturated/α-hetero) is 2. The van der Waals surface area contributed by atoms with Crippen molar-refractivity contribution in [3.8, 4) is 11.5 Å². The van der Waals surface area contributed by atoms with Gasteiger partial charge in [0.15, 0.2) is 11.6 Å². The molecule has 3 aliphatic carbocycles. The number of hydrogen-bond donors (Lipinski definition) is 4. The van der Waals surface area contributed by atoms with Gasteiger partial charge in [-0.3, -0.25) is 9.59 Å². The highest BCUT2D eigenvalue weighted by atomic mass is 16.3. The van der Waals surface area contributed by atoms with Gasteiger partial charge < -0.3 is 20.4 Å². The maximum absolute atomic E-state index is 12.7. The highest BCUT2D eigenvalue weighted by Crippen LogP contribution is 2.57. The Morgan fingerprint density at radius 1 is 0.846 bits per heavy atom. The number of carbonyl (C=O) groups excluding carboxylic acids is 2. The minimum Gasteiger partial charge on any atom is -0.507 e. The van der Waals surface area contributed by atoms with Crippen LogP contribution in [0.1, 0.15) is 49.7 Å². The van der Waals surface area contributed by atoms with Gasteiger partial charge in [-0.05, 0) is 40.0 Å². The van der Waals surface area contributed by atoms with E-state index in [1.54, 1.807) is 18.2 Å². The van der Waals surface area contributed by atoms with Gasteiger partial charge in [-0.25, -0.2) is 0 Å². The number of ketones is 2. The van der Waals surface area contributed by atoms with Gasteiger partial charge in [0, 0.05) is 12.3 Å². The molecule has 2 aromatic rings. The van der Waals surface area contributed by atoms with E-state index in [4.69, 9.17) is 0 Å². The van der Waals surface area contributed by atoms with E-state index in [-0.39, 0.29) is 34.8 Å². The summed E-state index contributed by atoms with van der Waals surface area (Å²) in [5.74, 6) is -2.16. The maximum Gasteiger partial charge on any atom is 0.196 e. The molecule has 0 saturated heterocycles. The Kier molecular flexibility index (Phi) is 2.83. The zero-order valence-electron chi connectivity index (χ0n) is 13.4. The minimum atomic E-state index is -1.44. The monoisotopic (exact) mass is 350 g/mol. The van der Waals surface area contributed by atoms with Crippen molar-refractivity contribution < 1.29 is 30.0 Å². The van der Waals surface area contributed by atoms with Crippen LogP contribution in [-0.4, -0.2) is 44.2 Å². The molecule has 0 aliphatic heterocycles. The lowest BCUT2D eigenvalue weighted by Gasteiger charge is -2.30. The molecule has 3 unspecified atom stereocenters. The van der Waals surface area contributed by atoms with Crippen LogP contribution >= 0.6 is 0 Å². The van der Waals surface area contributed by atoms with Gasteiger partial charge in [0.2, 0.25) is 0 Å².